The quantitative estimate of drug-likeness (QED) is 0.356. The van der Waals surface area contributed by atoms with E-state index in [0.29, 0.717) is 34.4 Å². The number of anilines is 2. The molecule has 4 aromatic rings. The predicted octanol–water partition coefficient (Wildman–Crippen LogP) is 3.71. The second kappa shape index (κ2) is 11.1. The fourth-order valence-electron chi connectivity index (χ4n) is 3.13. The molecule has 0 radical (unpaired) electrons. The van der Waals surface area contributed by atoms with Crippen molar-refractivity contribution < 1.29 is 14.3 Å². The van der Waals surface area contributed by atoms with Crippen LogP contribution in [0.4, 0.5) is 11.4 Å². The molecule has 0 unspecified atom stereocenters. The molecule has 1 heterocycles. The Kier molecular flexibility index (Phi) is 7.51. The first-order valence-electron chi connectivity index (χ1n) is 10.4. The van der Waals surface area contributed by atoms with E-state index in [4.69, 9.17) is 4.74 Å². The smallest absolute Gasteiger partial charge is 0.257 e. The number of methoxy groups -OCH3 is 1. The van der Waals surface area contributed by atoms with Crippen molar-refractivity contribution in [1.29, 1.82) is 0 Å². The van der Waals surface area contributed by atoms with Crippen LogP contribution in [0.2, 0.25) is 0 Å². The maximum atomic E-state index is 12.8. The highest BCUT2D eigenvalue weighted by Gasteiger charge is 2.15. The van der Waals surface area contributed by atoms with Crippen molar-refractivity contribution in [3.63, 3.8) is 0 Å². The number of nitrogens with zero attached hydrogens (tertiary/aromatic N) is 4. The Bertz CT molecular complexity index is 1260. The van der Waals surface area contributed by atoms with Gasteiger partial charge in [-0.3, -0.25) is 9.59 Å². The van der Waals surface area contributed by atoms with Crippen molar-refractivity contribution >= 4 is 35.0 Å². The number of ether oxygens (including phenoxy) is 1. The minimum Gasteiger partial charge on any atom is -0.497 e. The van der Waals surface area contributed by atoms with E-state index in [9.17, 15) is 9.59 Å². The summed E-state index contributed by atoms with van der Waals surface area (Å²) in [6.45, 7) is 0.506. The number of carbonyl (C=O) groups is 2. The third-order valence-corrected chi connectivity index (χ3v) is 5.76. The fourth-order valence-corrected chi connectivity index (χ4v) is 3.81. The zero-order valence-corrected chi connectivity index (χ0v) is 19.2. The van der Waals surface area contributed by atoms with Gasteiger partial charge >= 0.3 is 0 Å². The van der Waals surface area contributed by atoms with Gasteiger partial charge in [0.05, 0.1) is 30.7 Å². The van der Waals surface area contributed by atoms with E-state index < -0.39 is 0 Å². The summed E-state index contributed by atoms with van der Waals surface area (Å²) in [5, 5.41) is 17.9. The monoisotopic (exact) mass is 474 g/mol. The largest absolute Gasteiger partial charge is 0.497 e. The van der Waals surface area contributed by atoms with E-state index in [1.54, 1.807) is 60.3 Å². The normalized spacial score (nSPS) is 10.5. The third-order valence-electron chi connectivity index (χ3n) is 4.80. The number of nitrogens with one attached hydrogen (secondary N) is 2. The van der Waals surface area contributed by atoms with Gasteiger partial charge in [0.1, 0.15) is 5.75 Å². The number of amides is 2. The van der Waals surface area contributed by atoms with Crippen molar-refractivity contribution in [2.24, 2.45) is 0 Å². The third kappa shape index (κ3) is 5.99. The molecule has 34 heavy (non-hydrogen) atoms. The molecular weight excluding hydrogens is 452 g/mol. The van der Waals surface area contributed by atoms with E-state index >= 15 is 0 Å². The summed E-state index contributed by atoms with van der Waals surface area (Å²) in [5.74, 6) is 0.172. The van der Waals surface area contributed by atoms with Crippen LogP contribution in [0.15, 0.2) is 84.0 Å². The second-order valence-electron chi connectivity index (χ2n) is 7.17. The number of hydrogen-bond acceptors (Lipinski definition) is 7. The fraction of sp³-hybridized carbons (Fsp3) is 0.125. The summed E-state index contributed by atoms with van der Waals surface area (Å²) in [6, 6.07) is 23.6. The number of thioether (sulfide) groups is 1. The zero-order chi connectivity index (χ0) is 23.8. The molecule has 0 aliphatic carbocycles. The molecule has 0 atom stereocenters. The lowest BCUT2D eigenvalue weighted by Crippen LogP contribution is -2.19. The summed E-state index contributed by atoms with van der Waals surface area (Å²) in [5.41, 5.74) is 2.44. The van der Waals surface area contributed by atoms with Gasteiger partial charge in [-0.1, -0.05) is 54.2 Å². The van der Waals surface area contributed by atoms with Gasteiger partial charge in [-0.2, -0.15) is 0 Å². The Morgan fingerprint density at radius 1 is 0.941 bits per heavy atom. The lowest BCUT2D eigenvalue weighted by molar-refractivity contribution is -0.113. The zero-order valence-electron chi connectivity index (χ0n) is 18.3. The Hall–Kier alpha value is -4.18. The van der Waals surface area contributed by atoms with Gasteiger partial charge in [0.2, 0.25) is 11.1 Å². The summed E-state index contributed by atoms with van der Waals surface area (Å²) in [7, 11) is 1.58. The van der Waals surface area contributed by atoms with Crippen molar-refractivity contribution in [3.05, 3.63) is 90.0 Å². The predicted molar refractivity (Wildman–Crippen MR) is 130 cm³/mol. The highest BCUT2D eigenvalue weighted by molar-refractivity contribution is 7.99. The molecule has 0 saturated carbocycles. The molecule has 3 aromatic carbocycles. The lowest BCUT2D eigenvalue weighted by Gasteiger charge is -2.12. The maximum absolute atomic E-state index is 12.8. The Morgan fingerprint density at radius 2 is 1.68 bits per heavy atom. The Morgan fingerprint density at radius 3 is 2.44 bits per heavy atom. The molecule has 4 rings (SSSR count). The first kappa shape index (κ1) is 23.0. The van der Waals surface area contributed by atoms with Crippen LogP contribution >= 0.6 is 11.8 Å². The molecule has 9 nitrogen and oxygen atoms in total. The van der Waals surface area contributed by atoms with Crippen molar-refractivity contribution in [3.8, 4) is 5.75 Å². The minimum absolute atomic E-state index is 0.0869. The maximum Gasteiger partial charge on any atom is 0.257 e. The number of para-hydroxylation sites is 1. The van der Waals surface area contributed by atoms with Crippen LogP contribution in [0.3, 0.4) is 0 Å². The lowest BCUT2D eigenvalue weighted by atomic mass is 10.1. The number of benzene rings is 3. The average Bonchev–Trinajstić information content (AvgIpc) is 3.31. The minimum atomic E-state index is -0.333. The van der Waals surface area contributed by atoms with Crippen LogP contribution in [0.5, 0.6) is 5.75 Å². The Labute approximate surface area is 200 Å². The molecule has 0 saturated heterocycles. The average molecular weight is 475 g/mol. The highest BCUT2D eigenvalue weighted by Crippen LogP contribution is 2.21. The molecule has 1 aromatic heterocycles. The van der Waals surface area contributed by atoms with Gasteiger partial charge in [0.15, 0.2) is 0 Å². The topological polar surface area (TPSA) is 111 Å². The Balaban J connectivity index is 1.37. The highest BCUT2D eigenvalue weighted by atomic mass is 32.2. The first-order valence-corrected chi connectivity index (χ1v) is 11.4. The van der Waals surface area contributed by atoms with Crippen LogP contribution in [-0.4, -0.2) is 44.9 Å². The van der Waals surface area contributed by atoms with Crippen molar-refractivity contribution in [2.45, 2.75) is 11.7 Å². The van der Waals surface area contributed by atoms with Crippen LogP contribution < -0.4 is 15.4 Å². The van der Waals surface area contributed by atoms with Gasteiger partial charge in [-0.15, -0.1) is 5.10 Å². The van der Waals surface area contributed by atoms with Gasteiger partial charge in [0, 0.05) is 5.69 Å². The molecule has 2 amide bonds. The van der Waals surface area contributed by atoms with Crippen molar-refractivity contribution in [1.82, 2.24) is 20.2 Å². The van der Waals surface area contributed by atoms with E-state index in [2.05, 4.69) is 26.2 Å². The molecule has 0 bridgehead atoms. The molecule has 0 aliphatic rings. The molecule has 0 fully saturated rings. The summed E-state index contributed by atoms with van der Waals surface area (Å²) >= 11 is 1.22. The molecule has 0 aliphatic heterocycles. The number of carbonyl (C=O) groups excluding carboxylic acids is 2. The molecule has 0 spiro atoms. The van der Waals surface area contributed by atoms with E-state index in [1.165, 1.54) is 11.8 Å². The van der Waals surface area contributed by atoms with Gasteiger partial charge in [-0.05, 0) is 52.4 Å². The second-order valence-corrected chi connectivity index (χ2v) is 8.11. The summed E-state index contributed by atoms with van der Waals surface area (Å²) in [4.78, 5) is 25.4. The van der Waals surface area contributed by atoms with E-state index in [0.717, 1.165) is 5.56 Å². The van der Waals surface area contributed by atoms with E-state index in [-0.39, 0.29) is 17.6 Å². The number of aromatic nitrogens is 4. The van der Waals surface area contributed by atoms with Gasteiger partial charge in [-0.25, -0.2) is 4.68 Å². The van der Waals surface area contributed by atoms with Crippen LogP contribution in [0.25, 0.3) is 0 Å². The molecular formula is C24H22N6O3S. The van der Waals surface area contributed by atoms with Crippen LogP contribution in [-0.2, 0) is 11.3 Å². The summed E-state index contributed by atoms with van der Waals surface area (Å²) < 4.78 is 6.77. The number of rotatable bonds is 9. The van der Waals surface area contributed by atoms with Crippen LogP contribution in [0.1, 0.15) is 15.9 Å². The standard InChI is InChI=1S/C24H22N6O3S/c1-33-19-13-11-18(12-14-19)25-23(32)20-9-5-6-10-21(20)26-22(31)16-34-24-27-28-29-30(24)15-17-7-3-2-4-8-17/h2-14H,15-16H2,1H3,(H,25,32)(H,26,31). The molecule has 172 valence electrons. The van der Waals surface area contributed by atoms with Crippen LogP contribution in [0, 0.1) is 0 Å². The van der Waals surface area contributed by atoms with E-state index in [1.807, 2.05) is 30.3 Å². The number of hydrogen-bond donors (Lipinski definition) is 2. The summed E-state index contributed by atoms with van der Waals surface area (Å²) in [6.07, 6.45) is 0. The van der Waals surface area contributed by atoms with Gasteiger partial charge < -0.3 is 15.4 Å². The number of tetrazole rings is 1. The van der Waals surface area contributed by atoms with Crippen molar-refractivity contribution in [2.75, 3.05) is 23.5 Å². The first-order chi connectivity index (χ1) is 16.6. The molecule has 10 heteroatoms. The molecule has 2 N–H and O–H groups in total. The SMILES string of the molecule is COc1ccc(NC(=O)c2ccccc2NC(=O)CSc2nnnn2Cc2ccccc2)cc1. The van der Waals surface area contributed by atoms with Gasteiger partial charge in [0.25, 0.3) is 5.91 Å².